The van der Waals surface area contributed by atoms with Crippen LogP contribution in [0.2, 0.25) is 0 Å². The Balaban J connectivity index is 1.59. The number of carbonyl (C=O) groups excluding carboxylic acids is 2. The summed E-state index contributed by atoms with van der Waals surface area (Å²) in [5, 5.41) is 0. The van der Waals surface area contributed by atoms with Gasteiger partial charge in [-0.25, -0.2) is 9.59 Å². The van der Waals surface area contributed by atoms with Crippen molar-refractivity contribution in [1.29, 1.82) is 0 Å². The highest BCUT2D eigenvalue weighted by Gasteiger charge is 2.35. The van der Waals surface area contributed by atoms with Gasteiger partial charge in [0.25, 0.3) is 0 Å². The van der Waals surface area contributed by atoms with Gasteiger partial charge in [-0.05, 0) is 38.5 Å². The quantitative estimate of drug-likeness (QED) is 0.423. The zero-order valence-electron chi connectivity index (χ0n) is 22.2. The molecule has 1 saturated heterocycles. The number of hydrogen-bond donors (Lipinski definition) is 0. The molecule has 0 unspecified atom stereocenters. The van der Waals surface area contributed by atoms with E-state index in [9.17, 15) is 9.59 Å². The van der Waals surface area contributed by atoms with E-state index in [1.807, 2.05) is 75.4 Å². The smallest absolute Gasteiger partial charge is 0.410 e. The second kappa shape index (κ2) is 13.7. The molecule has 37 heavy (non-hydrogen) atoms. The first-order chi connectivity index (χ1) is 17.7. The molecule has 0 aliphatic carbocycles. The predicted octanol–water partition coefficient (Wildman–Crippen LogP) is 4.74. The molecule has 9 nitrogen and oxygen atoms in total. The molecule has 1 atom stereocenters. The maximum atomic E-state index is 12.9. The van der Waals surface area contributed by atoms with Crippen LogP contribution in [0.5, 0.6) is 11.5 Å². The van der Waals surface area contributed by atoms with Crippen LogP contribution in [-0.2, 0) is 20.8 Å². The first-order valence-corrected chi connectivity index (χ1v) is 12.5. The lowest BCUT2D eigenvalue weighted by Gasteiger charge is -2.41. The standard InChI is InChI=1S/C28H38N2O7/c1-28(2,3)37-27(32)30-15-14-29(26(31)36-21-22-9-6-5-7-10-22)20-23(30)13-16-34-24-11-8-12-25(19-24)35-18-17-33-4/h5-12,19,23H,13-18,20-21H2,1-4H3/t23-/m1/s1. The molecule has 0 N–H and O–H groups in total. The third kappa shape index (κ3) is 9.49. The van der Waals surface area contributed by atoms with E-state index in [0.29, 0.717) is 57.4 Å². The van der Waals surface area contributed by atoms with Crippen LogP contribution in [0.4, 0.5) is 9.59 Å². The Bertz CT molecular complexity index is 994. The van der Waals surface area contributed by atoms with E-state index in [1.165, 1.54) is 0 Å². The van der Waals surface area contributed by atoms with Crippen molar-refractivity contribution in [2.45, 2.75) is 45.4 Å². The molecule has 1 heterocycles. The molecule has 0 saturated carbocycles. The van der Waals surface area contributed by atoms with E-state index in [0.717, 1.165) is 5.56 Å². The predicted molar refractivity (Wildman–Crippen MR) is 139 cm³/mol. The van der Waals surface area contributed by atoms with E-state index < -0.39 is 17.8 Å². The van der Waals surface area contributed by atoms with Gasteiger partial charge in [-0.2, -0.15) is 0 Å². The summed E-state index contributed by atoms with van der Waals surface area (Å²) in [7, 11) is 1.62. The molecule has 2 aromatic rings. The zero-order valence-corrected chi connectivity index (χ0v) is 22.2. The van der Waals surface area contributed by atoms with Gasteiger partial charge in [-0.1, -0.05) is 36.4 Å². The number of ether oxygens (including phenoxy) is 5. The highest BCUT2D eigenvalue weighted by atomic mass is 16.6. The molecule has 1 fully saturated rings. The normalized spacial score (nSPS) is 15.7. The van der Waals surface area contributed by atoms with Crippen molar-refractivity contribution >= 4 is 12.2 Å². The summed E-state index contributed by atoms with van der Waals surface area (Å²) in [5.74, 6) is 1.35. The van der Waals surface area contributed by atoms with Crippen molar-refractivity contribution in [1.82, 2.24) is 9.80 Å². The molecule has 9 heteroatoms. The lowest BCUT2D eigenvalue weighted by atomic mass is 10.1. The Kier molecular flexibility index (Phi) is 10.4. The molecule has 1 aliphatic heterocycles. The first-order valence-electron chi connectivity index (χ1n) is 12.5. The summed E-state index contributed by atoms with van der Waals surface area (Å²) in [6, 6.07) is 16.6. The van der Waals surface area contributed by atoms with Crippen LogP contribution in [0.15, 0.2) is 54.6 Å². The van der Waals surface area contributed by atoms with Crippen molar-refractivity contribution in [2.24, 2.45) is 0 Å². The number of amides is 2. The molecule has 1 aliphatic rings. The van der Waals surface area contributed by atoms with Crippen LogP contribution in [0.3, 0.4) is 0 Å². The number of piperazine rings is 1. The largest absolute Gasteiger partial charge is 0.493 e. The van der Waals surface area contributed by atoms with Gasteiger partial charge < -0.3 is 33.5 Å². The average Bonchev–Trinajstić information content (AvgIpc) is 2.87. The number of carbonyl (C=O) groups is 2. The van der Waals surface area contributed by atoms with Gasteiger partial charge in [0.2, 0.25) is 0 Å². The van der Waals surface area contributed by atoms with Gasteiger partial charge in [-0.15, -0.1) is 0 Å². The minimum atomic E-state index is -0.618. The molecule has 0 radical (unpaired) electrons. The minimum absolute atomic E-state index is 0.197. The molecule has 3 rings (SSSR count). The fraction of sp³-hybridized carbons (Fsp3) is 0.500. The monoisotopic (exact) mass is 514 g/mol. The summed E-state index contributed by atoms with van der Waals surface area (Å²) < 4.78 is 27.8. The van der Waals surface area contributed by atoms with Gasteiger partial charge in [0.05, 0.1) is 19.3 Å². The van der Waals surface area contributed by atoms with Crippen molar-refractivity contribution in [3.05, 3.63) is 60.2 Å². The maximum absolute atomic E-state index is 12.9. The topological polar surface area (TPSA) is 86.8 Å². The van der Waals surface area contributed by atoms with Crippen molar-refractivity contribution in [3.63, 3.8) is 0 Å². The summed E-state index contributed by atoms with van der Waals surface area (Å²) in [4.78, 5) is 29.0. The molecule has 2 amide bonds. The van der Waals surface area contributed by atoms with Crippen LogP contribution in [0.1, 0.15) is 32.8 Å². The molecule has 2 aromatic carbocycles. The second-order valence-electron chi connectivity index (χ2n) is 9.77. The Labute approximate surface area is 219 Å². The average molecular weight is 515 g/mol. The van der Waals surface area contributed by atoms with E-state index in [1.54, 1.807) is 16.9 Å². The van der Waals surface area contributed by atoms with E-state index in [4.69, 9.17) is 23.7 Å². The molecular formula is C28H38N2O7. The van der Waals surface area contributed by atoms with E-state index in [-0.39, 0.29) is 12.6 Å². The SMILES string of the molecule is COCCOc1cccc(OCC[C@@H]2CN(C(=O)OCc3ccccc3)CCN2C(=O)OC(C)(C)C)c1. The molecule has 0 spiro atoms. The van der Waals surface area contributed by atoms with Crippen molar-refractivity contribution in [2.75, 3.05) is 46.6 Å². The first kappa shape index (κ1) is 28.1. The van der Waals surface area contributed by atoms with Crippen LogP contribution in [0.25, 0.3) is 0 Å². The lowest BCUT2D eigenvalue weighted by molar-refractivity contribution is -0.00614. The molecule has 0 bridgehead atoms. The summed E-state index contributed by atoms with van der Waals surface area (Å²) in [6.45, 7) is 8.04. The van der Waals surface area contributed by atoms with Crippen LogP contribution in [-0.4, -0.2) is 80.2 Å². The number of rotatable bonds is 10. The molecular weight excluding hydrogens is 476 g/mol. The van der Waals surface area contributed by atoms with Crippen LogP contribution in [0, 0.1) is 0 Å². The van der Waals surface area contributed by atoms with Gasteiger partial charge in [-0.3, -0.25) is 0 Å². The van der Waals surface area contributed by atoms with E-state index in [2.05, 4.69) is 0 Å². The lowest BCUT2D eigenvalue weighted by Crippen LogP contribution is -2.57. The highest BCUT2D eigenvalue weighted by molar-refractivity contribution is 5.71. The summed E-state index contributed by atoms with van der Waals surface area (Å²) >= 11 is 0. The van der Waals surface area contributed by atoms with Gasteiger partial charge >= 0.3 is 12.2 Å². The second-order valence-corrected chi connectivity index (χ2v) is 9.77. The van der Waals surface area contributed by atoms with Crippen molar-refractivity contribution in [3.8, 4) is 11.5 Å². The van der Waals surface area contributed by atoms with Crippen LogP contribution < -0.4 is 9.47 Å². The molecule has 0 aromatic heterocycles. The minimum Gasteiger partial charge on any atom is -0.493 e. The Hall–Kier alpha value is -3.46. The number of nitrogens with zero attached hydrogens (tertiary/aromatic N) is 2. The van der Waals surface area contributed by atoms with Gasteiger partial charge in [0.1, 0.15) is 30.3 Å². The Morgan fingerprint density at radius 2 is 1.59 bits per heavy atom. The summed E-state index contributed by atoms with van der Waals surface area (Å²) in [6.07, 6.45) is -0.293. The third-order valence-corrected chi connectivity index (χ3v) is 5.66. The number of hydrogen-bond acceptors (Lipinski definition) is 7. The fourth-order valence-corrected chi connectivity index (χ4v) is 3.85. The fourth-order valence-electron chi connectivity index (χ4n) is 3.85. The number of methoxy groups -OCH3 is 1. The van der Waals surface area contributed by atoms with Gasteiger partial charge in [0, 0.05) is 39.2 Å². The van der Waals surface area contributed by atoms with Crippen molar-refractivity contribution < 1.29 is 33.3 Å². The van der Waals surface area contributed by atoms with E-state index >= 15 is 0 Å². The Morgan fingerprint density at radius 3 is 2.27 bits per heavy atom. The van der Waals surface area contributed by atoms with Crippen LogP contribution >= 0.6 is 0 Å². The third-order valence-electron chi connectivity index (χ3n) is 5.66. The Morgan fingerprint density at radius 1 is 0.892 bits per heavy atom. The zero-order chi connectivity index (χ0) is 26.7. The molecule has 202 valence electrons. The van der Waals surface area contributed by atoms with Gasteiger partial charge in [0.15, 0.2) is 0 Å². The maximum Gasteiger partial charge on any atom is 0.410 e. The number of benzene rings is 2. The summed E-state index contributed by atoms with van der Waals surface area (Å²) in [5.41, 5.74) is 0.300. The highest BCUT2D eigenvalue weighted by Crippen LogP contribution is 2.22.